The van der Waals surface area contributed by atoms with Crippen LogP contribution in [0.2, 0.25) is 0 Å². The van der Waals surface area contributed by atoms with Gasteiger partial charge in [0.1, 0.15) is 0 Å². The predicted octanol–water partition coefficient (Wildman–Crippen LogP) is 2.12. The minimum absolute atomic E-state index is 0.746. The van der Waals surface area contributed by atoms with Gasteiger partial charge in [0, 0.05) is 6.54 Å². The van der Waals surface area contributed by atoms with E-state index in [9.17, 15) is 0 Å². The van der Waals surface area contributed by atoms with Crippen LogP contribution in [0, 0.1) is 5.92 Å². The Labute approximate surface area is 69.2 Å². The SMILES string of the molecule is C=C(CNC)C(=C)C1CCC1. The normalized spacial score (nSPS) is 17.5. The molecule has 1 saturated carbocycles. The molecule has 0 aromatic heterocycles. The third kappa shape index (κ3) is 1.93. The molecule has 0 spiro atoms. The third-order valence-corrected chi connectivity index (χ3v) is 2.44. The van der Waals surface area contributed by atoms with E-state index in [1.54, 1.807) is 0 Å². The molecule has 62 valence electrons. The van der Waals surface area contributed by atoms with Gasteiger partial charge in [-0.25, -0.2) is 0 Å². The molecule has 1 nitrogen and oxygen atoms in total. The molecule has 1 fully saturated rings. The highest BCUT2D eigenvalue weighted by Gasteiger charge is 2.21. The molecular formula is C10H17N. The fourth-order valence-electron chi connectivity index (χ4n) is 1.37. The van der Waals surface area contributed by atoms with Crippen molar-refractivity contribution in [1.82, 2.24) is 5.32 Å². The molecule has 1 rings (SSSR count). The summed E-state index contributed by atoms with van der Waals surface area (Å²) in [4.78, 5) is 0. The van der Waals surface area contributed by atoms with Gasteiger partial charge in [-0.2, -0.15) is 0 Å². The zero-order valence-corrected chi connectivity index (χ0v) is 7.32. The molecule has 0 aliphatic heterocycles. The van der Waals surface area contributed by atoms with Gasteiger partial charge < -0.3 is 5.32 Å². The number of rotatable bonds is 4. The molecular weight excluding hydrogens is 134 g/mol. The van der Waals surface area contributed by atoms with Crippen LogP contribution in [-0.4, -0.2) is 13.6 Å². The van der Waals surface area contributed by atoms with E-state index in [2.05, 4.69) is 18.5 Å². The second-order valence-electron chi connectivity index (χ2n) is 3.29. The Hall–Kier alpha value is -0.560. The summed E-state index contributed by atoms with van der Waals surface area (Å²) < 4.78 is 0. The van der Waals surface area contributed by atoms with E-state index in [-0.39, 0.29) is 0 Å². The second kappa shape index (κ2) is 3.72. The van der Waals surface area contributed by atoms with Gasteiger partial charge in [0.05, 0.1) is 0 Å². The molecule has 0 radical (unpaired) electrons. The van der Waals surface area contributed by atoms with Crippen molar-refractivity contribution in [1.29, 1.82) is 0 Å². The van der Waals surface area contributed by atoms with Crippen LogP contribution in [-0.2, 0) is 0 Å². The van der Waals surface area contributed by atoms with Crippen molar-refractivity contribution in [3.63, 3.8) is 0 Å². The maximum atomic E-state index is 4.06. The third-order valence-electron chi connectivity index (χ3n) is 2.44. The van der Waals surface area contributed by atoms with Crippen molar-refractivity contribution in [3.05, 3.63) is 24.3 Å². The summed E-state index contributed by atoms with van der Waals surface area (Å²) in [5, 5.41) is 3.09. The largest absolute Gasteiger partial charge is 0.316 e. The maximum absolute atomic E-state index is 4.06. The fourth-order valence-corrected chi connectivity index (χ4v) is 1.37. The van der Waals surface area contributed by atoms with Gasteiger partial charge in [-0.15, -0.1) is 0 Å². The molecule has 0 bridgehead atoms. The van der Waals surface area contributed by atoms with Gasteiger partial charge in [0.25, 0.3) is 0 Å². The molecule has 0 atom stereocenters. The van der Waals surface area contributed by atoms with Gasteiger partial charge >= 0.3 is 0 Å². The van der Waals surface area contributed by atoms with E-state index in [0.29, 0.717) is 0 Å². The number of hydrogen-bond acceptors (Lipinski definition) is 1. The maximum Gasteiger partial charge on any atom is 0.0199 e. The summed E-state index contributed by atoms with van der Waals surface area (Å²) >= 11 is 0. The first kappa shape index (κ1) is 8.54. The summed E-state index contributed by atoms with van der Waals surface area (Å²) in [6.07, 6.45) is 4.01. The Kier molecular flexibility index (Phi) is 2.89. The van der Waals surface area contributed by atoms with Crippen LogP contribution < -0.4 is 5.32 Å². The minimum Gasteiger partial charge on any atom is -0.316 e. The molecule has 11 heavy (non-hydrogen) atoms. The van der Waals surface area contributed by atoms with Crippen LogP contribution in [0.1, 0.15) is 19.3 Å². The lowest BCUT2D eigenvalue weighted by atomic mass is 9.78. The second-order valence-corrected chi connectivity index (χ2v) is 3.29. The first-order chi connectivity index (χ1) is 5.25. The topological polar surface area (TPSA) is 12.0 Å². The molecule has 0 saturated heterocycles. The number of nitrogens with one attached hydrogen (secondary N) is 1. The smallest absolute Gasteiger partial charge is 0.0199 e. The monoisotopic (exact) mass is 151 g/mol. The standard InChI is InChI=1S/C10H17N/c1-8(7-11-3)9(2)10-5-4-6-10/h10-11H,1-2,4-7H2,3H3. The van der Waals surface area contributed by atoms with Gasteiger partial charge in [0.15, 0.2) is 0 Å². The lowest BCUT2D eigenvalue weighted by molar-refractivity contribution is 0.371. The number of likely N-dealkylation sites (N-methyl/N-ethyl adjacent to an activating group) is 1. The number of hydrogen-bond donors (Lipinski definition) is 1. The van der Waals surface area contributed by atoms with Crippen LogP contribution in [0.4, 0.5) is 0 Å². The van der Waals surface area contributed by atoms with Crippen molar-refractivity contribution in [2.75, 3.05) is 13.6 Å². The van der Waals surface area contributed by atoms with E-state index in [4.69, 9.17) is 0 Å². The van der Waals surface area contributed by atoms with Gasteiger partial charge in [-0.05, 0) is 37.0 Å². The van der Waals surface area contributed by atoms with Crippen LogP contribution in [0.5, 0.6) is 0 Å². The zero-order chi connectivity index (χ0) is 8.27. The summed E-state index contributed by atoms with van der Waals surface area (Å²) in [5.74, 6) is 0.746. The fraction of sp³-hybridized carbons (Fsp3) is 0.600. The molecule has 1 aliphatic rings. The zero-order valence-electron chi connectivity index (χ0n) is 7.32. The molecule has 0 amide bonds. The van der Waals surface area contributed by atoms with Crippen LogP contribution in [0.15, 0.2) is 24.3 Å². The van der Waals surface area contributed by atoms with E-state index in [1.165, 1.54) is 30.4 Å². The minimum atomic E-state index is 0.746. The van der Waals surface area contributed by atoms with Gasteiger partial charge in [-0.1, -0.05) is 19.6 Å². The average Bonchev–Trinajstić information content (AvgIpc) is 1.84. The van der Waals surface area contributed by atoms with Gasteiger partial charge in [0.2, 0.25) is 0 Å². The van der Waals surface area contributed by atoms with Crippen molar-refractivity contribution in [3.8, 4) is 0 Å². The summed E-state index contributed by atoms with van der Waals surface area (Å²) in [6.45, 7) is 8.93. The van der Waals surface area contributed by atoms with Crippen molar-refractivity contribution < 1.29 is 0 Å². The Morgan fingerprint density at radius 2 is 2.09 bits per heavy atom. The molecule has 0 aromatic carbocycles. The van der Waals surface area contributed by atoms with Crippen molar-refractivity contribution in [2.24, 2.45) is 5.92 Å². The summed E-state index contributed by atoms with van der Waals surface area (Å²) in [6, 6.07) is 0. The van der Waals surface area contributed by atoms with Crippen LogP contribution in [0.25, 0.3) is 0 Å². The molecule has 0 unspecified atom stereocenters. The Balaban J connectivity index is 2.33. The Morgan fingerprint density at radius 1 is 1.45 bits per heavy atom. The first-order valence-electron chi connectivity index (χ1n) is 4.27. The van der Waals surface area contributed by atoms with E-state index >= 15 is 0 Å². The van der Waals surface area contributed by atoms with E-state index in [1.807, 2.05) is 7.05 Å². The highest BCUT2D eigenvalue weighted by molar-refractivity contribution is 5.29. The summed E-state index contributed by atoms with van der Waals surface area (Å²) in [7, 11) is 1.94. The predicted molar refractivity (Wildman–Crippen MR) is 49.5 cm³/mol. The molecule has 0 heterocycles. The van der Waals surface area contributed by atoms with Crippen molar-refractivity contribution >= 4 is 0 Å². The highest BCUT2D eigenvalue weighted by atomic mass is 14.8. The lowest BCUT2D eigenvalue weighted by Crippen LogP contribution is -2.19. The Bertz CT molecular complexity index is 166. The van der Waals surface area contributed by atoms with Crippen LogP contribution in [0.3, 0.4) is 0 Å². The van der Waals surface area contributed by atoms with Crippen LogP contribution >= 0.6 is 0 Å². The lowest BCUT2D eigenvalue weighted by Gasteiger charge is -2.28. The summed E-state index contributed by atoms with van der Waals surface area (Å²) in [5.41, 5.74) is 2.45. The van der Waals surface area contributed by atoms with E-state index < -0.39 is 0 Å². The highest BCUT2D eigenvalue weighted by Crippen LogP contribution is 2.34. The average molecular weight is 151 g/mol. The molecule has 1 aliphatic carbocycles. The van der Waals surface area contributed by atoms with E-state index in [0.717, 1.165) is 12.5 Å². The quantitative estimate of drug-likeness (QED) is 0.607. The molecule has 0 aromatic rings. The Morgan fingerprint density at radius 3 is 2.45 bits per heavy atom. The van der Waals surface area contributed by atoms with Gasteiger partial charge in [-0.3, -0.25) is 0 Å². The molecule has 1 N–H and O–H groups in total. The van der Waals surface area contributed by atoms with Crippen molar-refractivity contribution in [2.45, 2.75) is 19.3 Å². The molecule has 1 heteroatoms. The first-order valence-corrected chi connectivity index (χ1v) is 4.27.